The number of hydrogen-bond donors (Lipinski definition) is 3. The predicted molar refractivity (Wildman–Crippen MR) is 54.4 cm³/mol. The van der Waals surface area contributed by atoms with Crippen LogP contribution in [0.1, 0.15) is 19.8 Å². The van der Waals surface area contributed by atoms with Crippen LogP contribution in [0.3, 0.4) is 0 Å². The molecular formula is C10H18N2O3. The van der Waals surface area contributed by atoms with Gasteiger partial charge in [-0.15, -0.1) is 0 Å². The lowest BCUT2D eigenvalue weighted by Crippen LogP contribution is -2.47. The Hall–Kier alpha value is -0.650. The number of ether oxygens (including phenoxy) is 1. The molecule has 4 atom stereocenters. The molecule has 2 fully saturated rings. The molecule has 4 unspecified atom stereocenters. The minimum atomic E-state index is -0.391. The van der Waals surface area contributed by atoms with Gasteiger partial charge in [-0.1, -0.05) is 0 Å². The van der Waals surface area contributed by atoms with Crippen LogP contribution in [0.2, 0.25) is 0 Å². The number of nitrogens with one attached hydrogen (secondary N) is 2. The fourth-order valence-electron chi connectivity index (χ4n) is 2.12. The second kappa shape index (κ2) is 4.47. The van der Waals surface area contributed by atoms with Crippen molar-refractivity contribution < 1.29 is 14.6 Å². The van der Waals surface area contributed by atoms with Gasteiger partial charge in [0.2, 0.25) is 5.91 Å². The molecule has 15 heavy (non-hydrogen) atoms. The van der Waals surface area contributed by atoms with Crippen LogP contribution in [0.15, 0.2) is 0 Å². The van der Waals surface area contributed by atoms with Gasteiger partial charge in [-0.2, -0.15) is 0 Å². The summed E-state index contributed by atoms with van der Waals surface area (Å²) in [7, 11) is 0. The van der Waals surface area contributed by atoms with Crippen molar-refractivity contribution in [1.29, 1.82) is 0 Å². The average molecular weight is 214 g/mol. The maximum absolute atomic E-state index is 11.8. The van der Waals surface area contributed by atoms with Crippen molar-refractivity contribution >= 4 is 5.91 Å². The lowest BCUT2D eigenvalue weighted by Gasteiger charge is -2.18. The van der Waals surface area contributed by atoms with Crippen LogP contribution in [0.5, 0.6) is 0 Å². The first-order valence-electron chi connectivity index (χ1n) is 5.50. The zero-order chi connectivity index (χ0) is 10.8. The minimum absolute atomic E-state index is 0.0195. The summed E-state index contributed by atoms with van der Waals surface area (Å²) in [5.41, 5.74) is 0. The molecule has 0 aliphatic carbocycles. The molecule has 3 N–H and O–H groups in total. The van der Waals surface area contributed by atoms with Crippen molar-refractivity contribution in [2.45, 2.75) is 44.1 Å². The third kappa shape index (κ3) is 2.48. The van der Waals surface area contributed by atoms with E-state index in [0.717, 1.165) is 6.42 Å². The number of aliphatic hydroxyl groups is 1. The zero-order valence-corrected chi connectivity index (χ0v) is 8.90. The van der Waals surface area contributed by atoms with Gasteiger partial charge in [0, 0.05) is 13.2 Å². The molecule has 2 rings (SSSR count). The van der Waals surface area contributed by atoms with E-state index in [-0.39, 0.29) is 24.1 Å². The monoisotopic (exact) mass is 214 g/mol. The third-order valence-corrected chi connectivity index (χ3v) is 3.13. The Kier molecular flexibility index (Phi) is 3.23. The van der Waals surface area contributed by atoms with E-state index in [1.165, 1.54) is 0 Å². The Morgan fingerprint density at radius 3 is 2.93 bits per heavy atom. The van der Waals surface area contributed by atoms with E-state index in [1.807, 2.05) is 6.92 Å². The van der Waals surface area contributed by atoms with Crippen molar-refractivity contribution in [3.05, 3.63) is 0 Å². The summed E-state index contributed by atoms with van der Waals surface area (Å²) in [6, 6.07) is -0.121. The van der Waals surface area contributed by atoms with Gasteiger partial charge in [-0.3, -0.25) is 4.79 Å². The van der Waals surface area contributed by atoms with Gasteiger partial charge >= 0.3 is 0 Å². The van der Waals surface area contributed by atoms with E-state index >= 15 is 0 Å². The number of amides is 1. The summed E-state index contributed by atoms with van der Waals surface area (Å²) in [5.74, 6) is -0.0195. The number of carbonyl (C=O) groups excluding carboxylic acids is 1. The quantitative estimate of drug-likeness (QED) is 0.551. The molecule has 2 saturated heterocycles. The topological polar surface area (TPSA) is 70.6 Å². The molecule has 0 aromatic rings. The minimum Gasteiger partial charge on any atom is -0.392 e. The van der Waals surface area contributed by atoms with E-state index in [1.54, 1.807) is 0 Å². The Bertz CT molecular complexity index is 247. The second-order valence-electron chi connectivity index (χ2n) is 4.33. The first-order valence-corrected chi connectivity index (χ1v) is 5.50. The lowest BCUT2D eigenvalue weighted by molar-refractivity contribution is -0.124. The van der Waals surface area contributed by atoms with Crippen LogP contribution < -0.4 is 10.6 Å². The van der Waals surface area contributed by atoms with Gasteiger partial charge in [-0.05, 0) is 19.8 Å². The highest BCUT2D eigenvalue weighted by Crippen LogP contribution is 2.14. The Labute approximate surface area is 89.2 Å². The van der Waals surface area contributed by atoms with Crippen LogP contribution in [-0.2, 0) is 9.53 Å². The van der Waals surface area contributed by atoms with E-state index < -0.39 is 6.10 Å². The van der Waals surface area contributed by atoms with E-state index in [4.69, 9.17) is 4.74 Å². The maximum Gasteiger partial charge on any atom is 0.237 e. The molecule has 0 bridgehead atoms. The largest absolute Gasteiger partial charge is 0.392 e. The molecule has 2 aliphatic rings. The van der Waals surface area contributed by atoms with Crippen LogP contribution in [0.25, 0.3) is 0 Å². The Morgan fingerprint density at radius 2 is 2.40 bits per heavy atom. The first kappa shape index (κ1) is 10.9. The van der Waals surface area contributed by atoms with Gasteiger partial charge < -0.3 is 20.5 Å². The van der Waals surface area contributed by atoms with Crippen LogP contribution >= 0.6 is 0 Å². The third-order valence-electron chi connectivity index (χ3n) is 3.13. The van der Waals surface area contributed by atoms with E-state index in [0.29, 0.717) is 19.6 Å². The number of β-amino-alcohol motifs (C(OH)–C–C–N with tert-alkyl or cyclic N) is 1. The highest BCUT2D eigenvalue weighted by atomic mass is 16.5. The number of hydrogen-bond acceptors (Lipinski definition) is 4. The van der Waals surface area contributed by atoms with Gasteiger partial charge in [0.25, 0.3) is 0 Å². The van der Waals surface area contributed by atoms with Crippen molar-refractivity contribution in [2.24, 2.45) is 0 Å². The summed E-state index contributed by atoms with van der Waals surface area (Å²) in [5, 5.41) is 15.2. The van der Waals surface area contributed by atoms with Crippen molar-refractivity contribution in [3.63, 3.8) is 0 Å². The van der Waals surface area contributed by atoms with Crippen molar-refractivity contribution in [1.82, 2.24) is 10.6 Å². The van der Waals surface area contributed by atoms with Crippen LogP contribution in [-0.4, -0.2) is 48.5 Å². The molecule has 0 radical (unpaired) electrons. The molecule has 0 aromatic heterocycles. The zero-order valence-electron chi connectivity index (χ0n) is 8.90. The fourth-order valence-corrected chi connectivity index (χ4v) is 2.12. The molecule has 0 aromatic carbocycles. The van der Waals surface area contributed by atoms with Gasteiger partial charge in [0.15, 0.2) is 0 Å². The fraction of sp³-hybridized carbons (Fsp3) is 0.900. The Balaban J connectivity index is 1.81. The summed E-state index contributed by atoms with van der Waals surface area (Å²) >= 11 is 0. The summed E-state index contributed by atoms with van der Waals surface area (Å²) in [6.45, 7) is 3.19. The average Bonchev–Trinajstić information content (AvgIpc) is 2.77. The number of rotatable bonds is 2. The molecule has 0 spiro atoms. The first-order chi connectivity index (χ1) is 7.16. The maximum atomic E-state index is 11.8. The SMILES string of the molecule is CC1OCCC1NC(=O)C1CC(O)CN1. The predicted octanol–water partition coefficient (Wildman–Crippen LogP) is -0.997. The number of carbonyl (C=O) groups is 1. The highest BCUT2D eigenvalue weighted by Gasteiger charge is 2.32. The summed E-state index contributed by atoms with van der Waals surface area (Å²) in [4.78, 5) is 11.8. The molecule has 1 amide bonds. The molecule has 5 heteroatoms. The Morgan fingerprint density at radius 1 is 1.60 bits per heavy atom. The smallest absolute Gasteiger partial charge is 0.237 e. The molecule has 2 aliphatic heterocycles. The molecule has 5 nitrogen and oxygen atoms in total. The molecule has 0 saturated carbocycles. The van der Waals surface area contributed by atoms with Gasteiger partial charge in [0.1, 0.15) is 0 Å². The second-order valence-corrected chi connectivity index (χ2v) is 4.33. The van der Waals surface area contributed by atoms with Crippen LogP contribution in [0.4, 0.5) is 0 Å². The molecular weight excluding hydrogens is 196 g/mol. The van der Waals surface area contributed by atoms with Gasteiger partial charge in [-0.25, -0.2) is 0 Å². The van der Waals surface area contributed by atoms with Gasteiger partial charge in [0.05, 0.1) is 24.3 Å². The standard InChI is InChI=1S/C10H18N2O3/c1-6-8(2-3-15-6)12-10(14)9-4-7(13)5-11-9/h6-9,11,13H,2-5H2,1H3,(H,12,14). The summed E-state index contributed by atoms with van der Waals surface area (Å²) in [6.07, 6.45) is 1.09. The lowest BCUT2D eigenvalue weighted by atomic mass is 10.1. The van der Waals surface area contributed by atoms with E-state index in [2.05, 4.69) is 10.6 Å². The summed E-state index contributed by atoms with van der Waals surface area (Å²) < 4.78 is 5.37. The van der Waals surface area contributed by atoms with E-state index in [9.17, 15) is 9.90 Å². The van der Waals surface area contributed by atoms with Crippen LogP contribution in [0, 0.1) is 0 Å². The molecule has 2 heterocycles. The van der Waals surface area contributed by atoms with Crippen molar-refractivity contribution in [2.75, 3.05) is 13.2 Å². The van der Waals surface area contributed by atoms with Crippen molar-refractivity contribution in [3.8, 4) is 0 Å². The molecule has 86 valence electrons. The highest BCUT2D eigenvalue weighted by molar-refractivity contribution is 5.82. The number of aliphatic hydroxyl groups excluding tert-OH is 1. The normalized spacial score (nSPS) is 40.7.